The number of hydrogen-bond donors (Lipinski definition) is 1. The molecule has 0 bridgehead atoms. The molecule has 1 aromatic heterocycles. The SMILES string of the molecule is Clc1cnc(CNCCC2CCOC2)s1. The lowest BCUT2D eigenvalue weighted by Crippen LogP contribution is -2.17. The molecule has 1 unspecified atom stereocenters. The summed E-state index contributed by atoms with van der Waals surface area (Å²) < 4.78 is 6.08. The van der Waals surface area contributed by atoms with Gasteiger partial charge in [-0.3, -0.25) is 0 Å². The highest BCUT2D eigenvalue weighted by atomic mass is 35.5. The molecule has 0 spiro atoms. The normalized spacial score (nSPS) is 21.0. The molecule has 3 nitrogen and oxygen atoms in total. The average Bonchev–Trinajstić information content (AvgIpc) is 2.84. The van der Waals surface area contributed by atoms with Crippen LogP contribution < -0.4 is 5.32 Å². The Balaban J connectivity index is 1.58. The molecule has 15 heavy (non-hydrogen) atoms. The van der Waals surface area contributed by atoms with E-state index in [0.29, 0.717) is 0 Å². The molecule has 1 aromatic rings. The van der Waals surface area contributed by atoms with Crippen LogP contribution in [0.5, 0.6) is 0 Å². The molecule has 1 N–H and O–H groups in total. The number of rotatable bonds is 5. The lowest BCUT2D eigenvalue weighted by Gasteiger charge is -2.07. The minimum atomic E-state index is 0.748. The summed E-state index contributed by atoms with van der Waals surface area (Å²) in [7, 11) is 0. The molecule has 0 amide bonds. The molecule has 0 radical (unpaired) electrons. The molecular formula is C10H15ClN2OS. The van der Waals surface area contributed by atoms with E-state index < -0.39 is 0 Å². The van der Waals surface area contributed by atoms with E-state index in [0.717, 1.165) is 41.6 Å². The van der Waals surface area contributed by atoms with Crippen molar-refractivity contribution in [2.45, 2.75) is 19.4 Å². The van der Waals surface area contributed by atoms with Crippen molar-refractivity contribution in [2.24, 2.45) is 5.92 Å². The van der Waals surface area contributed by atoms with Gasteiger partial charge in [0.1, 0.15) is 9.34 Å². The van der Waals surface area contributed by atoms with Crippen LogP contribution in [0, 0.1) is 5.92 Å². The van der Waals surface area contributed by atoms with E-state index in [1.165, 1.54) is 24.2 Å². The van der Waals surface area contributed by atoms with E-state index in [1.54, 1.807) is 6.20 Å². The van der Waals surface area contributed by atoms with Crippen molar-refractivity contribution in [3.63, 3.8) is 0 Å². The maximum atomic E-state index is 5.79. The highest BCUT2D eigenvalue weighted by Gasteiger charge is 2.14. The Morgan fingerprint density at radius 3 is 3.27 bits per heavy atom. The van der Waals surface area contributed by atoms with Gasteiger partial charge in [0.15, 0.2) is 0 Å². The zero-order valence-electron chi connectivity index (χ0n) is 8.54. The van der Waals surface area contributed by atoms with Gasteiger partial charge in [-0.05, 0) is 25.3 Å². The number of nitrogens with one attached hydrogen (secondary N) is 1. The highest BCUT2D eigenvalue weighted by molar-refractivity contribution is 7.15. The summed E-state index contributed by atoms with van der Waals surface area (Å²) in [5.74, 6) is 0.748. The van der Waals surface area contributed by atoms with E-state index in [-0.39, 0.29) is 0 Å². The highest BCUT2D eigenvalue weighted by Crippen LogP contribution is 2.18. The zero-order valence-corrected chi connectivity index (χ0v) is 10.1. The number of ether oxygens (including phenoxy) is 1. The van der Waals surface area contributed by atoms with Crippen LogP contribution in [0.25, 0.3) is 0 Å². The average molecular weight is 247 g/mol. The van der Waals surface area contributed by atoms with Gasteiger partial charge in [-0.2, -0.15) is 0 Å². The third kappa shape index (κ3) is 3.72. The second-order valence-electron chi connectivity index (χ2n) is 3.75. The Kier molecular flexibility index (Phi) is 4.38. The summed E-state index contributed by atoms with van der Waals surface area (Å²) >= 11 is 7.33. The second kappa shape index (κ2) is 5.80. The van der Waals surface area contributed by atoms with Gasteiger partial charge < -0.3 is 10.1 Å². The van der Waals surface area contributed by atoms with Crippen molar-refractivity contribution < 1.29 is 4.74 Å². The Labute approximate surface area is 98.8 Å². The fourth-order valence-corrected chi connectivity index (χ4v) is 2.61. The molecule has 1 aliphatic rings. The molecule has 5 heteroatoms. The first-order valence-corrected chi connectivity index (χ1v) is 6.42. The standard InChI is InChI=1S/C10H15ClN2OS/c11-9-5-13-10(15-9)6-12-3-1-8-2-4-14-7-8/h5,8,12H,1-4,6-7H2. The van der Waals surface area contributed by atoms with Crippen LogP contribution in [-0.2, 0) is 11.3 Å². The molecule has 1 saturated heterocycles. The van der Waals surface area contributed by atoms with Crippen molar-refractivity contribution in [3.05, 3.63) is 15.5 Å². The summed E-state index contributed by atoms with van der Waals surface area (Å²) in [5.41, 5.74) is 0. The number of aromatic nitrogens is 1. The number of thiazole rings is 1. The van der Waals surface area contributed by atoms with E-state index in [4.69, 9.17) is 16.3 Å². The van der Waals surface area contributed by atoms with Crippen molar-refractivity contribution in [1.29, 1.82) is 0 Å². The maximum Gasteiger partial charge on any atom is 0.113 e. The third-order valence-electron chi connectivity index (χ3n) is 2.55. The lowest BCUT2D eigenvalue weighted by atomic mass is 10.1. The number of halogens is 1. The van der Waals surface area contributed by atoms with E-state index in [9.17, 15) is 0 Å². The first-order chi connectivity index (χ1) is 7.34. The van der Waals surface area contributed by atoms with Crippen molar-refractivity contribution >= 4 is 22.9 Å². The van der Waals surface area contributed by atoms with Gasteiger partial charge in [0, 0.05) is 19.8 Å². The molecule has 0 saturated carbocycles. The van der Waals surface area contributed by atoms with Gasteiger partial charge >= 0.3 is 0 Å². The largest absolute Gasteiger partial charge is 0.381 e. The predicted molar refractivity (Wildman–Crippen MR) is 62.4 cm³/mol. The van der Waals surface area contributed by atoms with E-state index in [2.05, 4.69) is 10.3 Å². The van der Waals surface area contributed by atoms with Crippen LogP contribution in [0.3, 0.4) is 0 Å². The second-order valence-corrected chi connectivity index (χ2v) is 5.50. The van der Waals surface area contributed by atoms with Crippen LogP contribution in [0.4, 0.5) is 0 Å². The number of nitrogens with zero attached hydrogens (tertiary/aromatic N) is 1. The van der Waals surface area contributed by atoms with Crippen LogP contribution in [0.15, 0.2) is 6.20 Å². The molecule has 84 valence electrons. The molecule has 0 aromatic carbocycles. The molecule has 0 aliphatic carbocycles. The monoisotopic (exact) mass is 246 g/mol. The zero-order chi connectivity index (χ0) is 10.5. The van der Waals surface area contributed by atoms with Crippen LogP contribution in [-0.4, -0.2) is 24.7 Å². The predicted octanol–water partition coefficient (Wildman–Crippen LogP) is 2.31. The van der Waals surface area contributed by atoms with E-state index >= 15 is 0 Å². The Hall–Kier alpha value is -0.160. The minimum absolute atomic E-state index is 0.748. The van der Waals surface area contributed by atoms with Crippen LogP contribution in [0.1, 0.15) is 17.8 Å². The molecule has 1 atom stereocenters. The van der Waals surface area contributed by atoms with Crippen molar-refractivity contribution in [1.82, 2.24) is 10.3 Å². The van der Waals surface area contributed by atoms with Crippen LogP contribution >= 0.6 is 22.9 Å². The van der Waals surface area contributed by atoms with Crippen molar-refractivity contribution in [3.8, 4) is 0 Å². The van der Waals surface area contributed by atoms with Gasteiger partial charge in [0.25, 0.3) is 0 Å². The Bertz CT molecular complexity index is 299. The van der Waals surface area contributed by atoms with Gasteiger partial charge in [-0.15, -0.1) is 11.3 Å². The molecule has 2 rings (SSSR count). The molecule has 2 heterocycles. The van der Waals surface area contributed by atoms with Gasteiger partial charge in [0.2, 0.25) is 0 Å². The van der Waals surface area contributed by atoms with Gasteiger partial charge in [-0.25, -0.2) is 4.98 Å². The van der Waals surface area contributed by atoms with Gasteiger partial charge in [-0.1, -0.05) is 11.6 Å². The summed E-state index contributed by atoms with van der Waals surface area (Å²) in [6, 6.07) is 0. The summed E-state index contributed by atoms with van der Waals surface area (Å²) in [6.45, 7) is 3.73. The van der Waals surface area contributed by atoms with Crippen LogP contribution in [0.2, 0.25) is 4.34 Å². The summed E-state index contributed by atoms with van der Waals surface area (Å²) in [6.07, 6.45) is 4.11. The summed E-state index contributed by atoms with van der Waals surface area (Å²) in [5, 5.41) is 4.43. The Morgan fingerprint density at radius 1 is 1.67 bits per heavy atom. The third-order valence-corrected chi connectivity index (χ3v) is 3.67. The molecule has 1 aliphatic heterocycles. The first kappa shape index (κ1) is 11.3. The van der Waals surface area contributed by atoms with Gasteiger partial charge in [0.05, 0.1) is 6.20 Å². The lowest BCUT2D eigenvalue weighted by molar-refractivity contribution is 0.184. The topological polar surface area (TPSA) is 34.2 Å². The smallest absolute Gasteiger partial charge is 0.113 e. The molecule has 1 fully saturated rings. The minimum Gasteiger partial charge on any atom is -0.381 e. The summed E-state index contributed by atoms with van der Waals surface area (Å²) in [4.78, 5) is 4.18. The Morgan fingerprint density at radius 2 is 2.60 bits per heavy atom. The first-order valence-electron chi connectivity index (χ1n) is 5.23. The van der Waals surface area contributed by atoms with E-state index in [1.807, 2.05) is 0 Å². The fourth-order valence-electron chi connectivity index (χ4n) is 1.68. The number of hydrogen-bond acceptors (Lipinski definition) is 4. The quantitative estimate of drug-likeness (QED) is 0.810. The molecular weight excluding hydrogens is 232 g/mol. The van der Waals surface area contributed by atoms with Crippen molar-refractivity contribution in [2.75, 3.05) is 19.8 Å². The fraction of sp³-hybridized carbons (Fsp3) is 0.700. The maximum absolute atomic E-state index is 5.79.